The molecule has 0 saturated heterocycles. The highest BCUT2D eigenvalue weighted by Crippen LogP contribution is 2.24. The zero-order valence-corrected chi connectivity index (χ0v) is 15.1. The number of rotatable bonds is 7. The SMILES string of the molecule is CCCNC(c1ccc(I)cc1)c1cccc(CCC)c1. The molecule has 112 valence electrons. The van der Waals surface area contributed by atoms with Crippen molar-refractivity contribution < 1.29 is 0 Å². The highest BCUT2D eigenvalue weighted by atomic mass is 127. The summed E-state index contributed by atoms with van der Waals surface area (Å²) in [7, 11) is 0. The zero-order valence-electron chi connectivity index (χ0n) is 12.9. The average Bonchev–Trinajstić information content (AvgIpc) is 2.50. The second-order valence-corrected chi connectivity index (χ2v) is 6.68. The first-order chi connectivity index (χ1) is 10.2. The van der Waals surface area contributed by atoms with Gasteiger partial charge in [0.25, 0.3) is 0 Å². The molecule has 2 aromatic carbocycles. The summed E-state index contributed by atoms with van der Waals surface area (Å²) in [6, 6.07) is 18.2. The van der Waals surface area contributed by atoms with E-state index in [0.29, 0.717) is 6.04 Å². The van der Waals surface area contributed by atoms with E-state index in [4.69, 9.17) is 0 Å². The molecule has 1 unspecified atom stereocenters. The summed E-state index contributed by atoms with van der Waals surface area (Å²) in [6.07, 6.45) is 3.50. The molecular weight excluding hydrogens is 369 g/mol. The molecule has 1 N–H and O–H groups in total. The predicted molar refractivity (Wildman–Crippen MR) is 99.7 cm³/mol. The first kappa shape index (κ1) is 16.5. The number of nitrogens with one attached hydrogen (secondary N) is 1. The zero-order chi connectivity index (χ0) is 15.1. The lowest BCUT2D eigenvalue weighted by Crippen LogP contribution is -2.23. The van der Waals surface area contributed by atoms with Crippen LogP contribution in [-0.4, -0.2) is 6.54 Å². The molecule has 0 heterocycles. The van der Waals surface area contributed by atoms with Gasteiger partial charge >= 0.3 is 0 Å². The van der Waals surface area contributed by atoms with Gasteiger partial charge < -0.3 is 5.32 Å². The topological polar surface area (TPSA) is 12.0 Å². The van der Waals surface area contributed by atoms with Crippen molar-refractivity contribution in [1.29, 1.82) is 0 Å². The van der Waals surface area contributed by atoms with Gasteiger partial charge in [0.15, 0.2) is 0 Å². The summed E-state index contributed by atoms with van der Waals surface area (Å²) in [5.41, 5.74) is 4.15. The van der Waals surface area contributed by atoms with Gasteiger partial charge in [-0.05, 0) is 70.8 Å². The van der Waals surface area contributed by atoms with E-state index in [-0.39, 0.29) is 0 Å². The number of benzene rings is 2. The van der Waals surface area contributed by atoms with Gasteiger partial charge in [0, 0.05) is 3.57 Å². The van der Waals surface area contributed by atoms with E-state index in [1.807, 2.05) is 0 Å². The number of hydrogen-bond donors (Lipinski definition) is 1. The maximum Gasteiger partial charge on any atom is 0.0576 e. The van der Waals surface area contributed by atoms with E-state index >= 15 is 0 Å². The van der Waals surface area contributed by atoms with Gasteiger partial charge in [-0.2, -0.15) is 0 Å². The molecule has 0 amide bonds. The van der Waals surface area contributed by atoms with Gasteiger partial charge in [-0.3, -0.25) is 0 Å². The maximum atomic E-state index is 3.69. The standard InChI is InChI=1S/C19H24IN/c1-3-6-15-7-5-8-17(14-15)19(21-13-4-2)16-9-11-18(20)12-10-16/h5,7-12,14,19,21H,3-4,6,13H2,1-2H3. The molecule has 21 heavy (non-hydrogen) atoms. The van der Waals surface area contributed by atoms with Crippen molar-refractivity contribution in [3.63, 3.8) is 0 Å². The quantitative estimate of drug-likeness (QED) is 0.627. The Morgan fingerprint density at radius 1 is 0.952 bits per heavy atom. The number of halogens is 1. The molecule has 0 saturated carbocycles. The van der Waals surface area contributed by atoms with Crippen LogP contribution in [0.25, 0.3) is 0 Å². The molecule has 2 heteroatoms. The Hall–Kier alpha value is -0.870. The predicted octanol–water partition coefficient (Wildman–Crippen LogP) is 5.33. The second-order valence-electron chi connectivity index (χ2n) is 5.43. The van der Waals surface area contributed by atoms with E-state index < -0.39 is 0 Å². The molecular formula is C19H24IN. The van der Waals surface area contributed by atoms with Crippen LogP contribution in [0.5, 0.6) is 0 Å². The van der Waals surface area contributed by atoms with Crippen molar-refractivity contribution in [1.82, 2.24) is 5.32 Å². The fraction of sp³-hybridized carbons (Fsp3) is 0.368. The smallest absolute Gasteiger partial charge is 0.0576 e. The van der Waals surface area contributed by atoms with Crippen molar-refractivity contribution in [2.75, 3.05) is 6.54 Å². The summed E-state index contributed by atoms with van der Waals surface area (Å²) in [5, 5.41) is 3.69. The minimum absolute atomic E-state index is 0.291. The van der Waals surface area contributed by atoms with Crippen LogP contribution in [0.1, 0.15) is 49.4 Å². The van der Waals surface area contributed by atoms with Gasteiger partial charge in [-0.25, -0.2) is 0 Å². The molecule has 1 nitrogen and oxygen atoms in total. The monoisotopic (exact) mass is 393 g/mol. The average molecular weight is 393 g/mol. The number of aryl methyl sites for hydroxylation is 1. The lowest BCUT2D eigenvalue weighted by Gasteiger charge is -2.20. The molecule has 0 radical (unpaired) electrons. The molecule has 0 aliphatic heterocycles. The molecule has 0 aliphatic rings. The van der Waals surface area contributed by atoms with Crippen molar-refractivity contribution in [3.05, 3.63) is 68.8 Å². The molecule has 2 rings (SSSR count). The molecule has 0 fully saturated rings. The van der Waals surface area contributed by atoms with Gasteiger partial charge in [0.2, 0.25) is 0 Å². The Morgan fingerprint density at radius 2 is 1.71 bits per heavy atom. The minimum Gasteiger partial charge on any atom is -0.306 e. The first-order valence-electron chi connectivity index (χ1n) is 7.82. The third-order valence-electron chi connectivity index (χ3n) is 3.62. The summed E-state index contributed by atoms with van der Waals surface area (Å²) in [6.45, 7) is 5.48. The fourth-order valence-corrected chi connectivity index (χ4v) is 2.95. The van der Waals surface area contributed by atoms with Crippen LogP contribution in [0.2, 0.25) is 0 Å². The van der Waals surface area contributed by atoms with Crippen LogP contribution in [0, 0.1) is 3.57 Å². The minimum atomic E-state index is 0.291. The van der Waals surface area contributed by atoms with Crippen molar-refractivity contribution in [2.45, 2.75) is 39.2 Å². The van der Waals surface area contributed by atoms with E-state index in [2.05, 4.69) is 90.3 Å². The molecule has 0 aromatic heterocycles. The third-order valence-corrected chi connectivity index (χ3v) is 4.34. The first-order valence-corrected chi connectivity index (χ1v) is 8.90. The third kappa shape index (κ3) is 4.82. The van der Waals surface area contributed by atoms with E-state index in [1.165, 1.54) is 26.7 Å². The Balaban J connectivity index is 2.30. The van der Waals surface area contributed by atoms with Crippen LogP contribution in [-0.2, 0) is 6.42 Å². The summed E-state index contributed by atoms with van der Waals surface area (Å²) in [4.78, 5) is 0. The Morgan fingerprint density at radius 3 is 2.38 bits per heavy atom. The van der Waals surface area contributed by atoms with Crippen LogP contribution < -0.4 is 5.32 Å². The maximum absolute atomic E-state index is 3.69. The van der Waals surface area contributed by atoms with Crippen LogP contribution in [0.3, 0.4) is 0 Å². The molecule has 2 aromatic rings. The summed E-state index contributed by atoms with van der Waals surface area (Å²) in [5.74, 6) is 0. The Bertz CT molecular complexity index is 548. The lowest BCUT2D eigenvalue weighted by atomic mass is 9.96. The largest absolute Gasteiger partial charge is 0.306 e. The normalized spacial score (nSPS) is 12.3. The molecule has 0 aliphatic carbocycles. The second kappa shape index (κ2) is 8.54. The van der Waals surface area contributed by atoms with Gasteiger partial charge in [0.1, 0.15) is 0 Å². The fourth-order valence-electron chi connectivity index (χ4n) is 2.59. The Kier molecular flexibility index (Phi) is 6.71. The lowest BCUT2D eigenvalue weighted by molar-refractivity contribution is 0.598. The summed E-state index contributed by atoms with van der Waals surface area (Å²) < 4.78 is 1.28. The Labute approximate surface area is 142 Å². The van der Waals surface area contributed by atoms with Gasteiger partial charge in [-0.15, -0.1) is 0 Å². The number of hydrogen-bond acceptors (Lipinski definition) is 1. The van der Waals surface area contributed by atoms with Gasteiger partial charge in [-0.1, -0.05) is 56.7 Å². The highest BCUT2D eigenvalue weighted by molar-refractivity contribution is 14.1. The molecule has 1 atom stereocenters. The van der Waals surface area contributed by atoms with Crippen molar-refractivity contribution in [2.24, 2.45) is 0 Å². The summed E-state index contributed by atoms with van der Waals surface area (Å²) >= 11 is 2.36. The highest BCUT2D eigenvalue weighted by Gasteiger charge is 2.13. The van der Waals surface area contributed by atoms with Crippen molar-refractivity contribution in [3.8, 4) is 0 Å². The van der Waals surface area contributed by atoms with E-state index in [9.17, 15) is 0 Å². The van der Waals surface area contributed by atoms with Gasteiger partial charge in [0.05, 0.1) is 6.04 Å². The van der Waals surface area contributed by atoms with Crippen LogP contribution in [0.4, 0.5) is 0 Å². The molecule has 0 bridgehead atoms. The van der Waals surface area contributed by atoms with E-state index in [1.54, 1.807) is 0 Å². The van der Waals surface area contributed by atoms with Crippen molar-refractivity contribution >= 4 is 22.6 Å². The van der Waals surface area contributed by atoms with Crippen LogP contribution in [0.15, 0.2) is 48.5 Å². The van der Waals surface area contributed by atoms with Crippen LogP contribution >= 0.6 is 22.6 Å². The molecule has 0 spiro atoms. The van der Waals surface area contributed by atoms with E-state index in [0.717, 1.165) is 19.4 Å².